The lowest BCUT2D eigenvalue weighted by Crippen LogP contribution is -2.37. The molecule has 2 aromatic heterocycles. The Labute approximate surface area is 190 Å². The van der Waals surface area contributed by atoms with Crippen LogP contribution in [0.15, 0.2) is 51.2 Å². The van der Waals surface area contributed by atoms with Crippen molar-refractivity contribution in [2.24, 2.45) is 0 Å². The van der Waals surface area contributed by atoms with Gasteiger partial charge in [0.05, 0.1) is 5.69 Å². The van der Waals surface area contributed by atoms with Crippen molar-refractivity contribution in [3.05, 3.63) is 59.5 Å². The van der Waals surface area contributed by atoms with Crippen molar-refractivity contribution in [1.29, 1.82) is 0 Å². The van der Waals surface area contributed by atoms with E-state index in [-0.39, 0.29) is 16.1 Å². The average molecular weight is 474 g/mol. The molecular weight excluding hydrogens is 449 g/mol. The molecule has 0 spiro atoms. The molecule has 1 saturated heterocycles. The van der Waals surface area contributed by atoms with E-state index in [0.717, 1.165) is 53.7 Å². The molecular formula is C23H24FN3O3S2. The van der Waals surface area contributed by atoms with Crippen LogP contribution in [0.1, 0.15) is 24.1 Å². The topological polar surface area (TPSA) is 75.4 Å². The molecule has 1 fully saturated rings. The number of sulfonamides is 1. The fourth-order valence-corrected chi connectivity index (χ4v) is 7.45. The number of nitrogens with zero attached hydrogens (tertiary/aromatic N) is 2. The highest BCUT2D eigenvalue weighted by Gasteiger charge is 2.29. The van der Waals surface area contributed by atoms with Gasteiger partial charge in [0.15, 0.2) is 5.58 Å². The number of aryl methyl sites for hydroxylation is 2. The number of aromatic nitrogens is 1. The Morgan fingerprint density at radius 2 is 2.09 bits per heavy atom. The second-order valence-corrected chi connectivity index (χ2v) is 11.3. The van der Waals surface area contributed by atoms with Gasteiger partial charge in [-0.3, -0.25) is 0 Å². The van der Waals surface area contributed by atoms with Gasteiger partial charge in [0.2, 0.25) is 0 Å². The van der Waals surface area contributed by atoms with Crippen LogP contribution in [0.3, 0.4) is 0 Å². The Kier molecular flexibility index (Phi) is 5.75. The van der Waals surface area contributed by atoms with Gasteiger partial charge in [-0.1, -0.05) is 17.3 Å². The molecule has 168 valence electrons. The smallest absolute Gasteiger partial charge is 0.250 e. The van der Waals surface area contributed by atoms with Crippen molar-refractivity contribution < 1.29 is 17.3 Å². The maximum absolute atomic E-state index is 13.6. The molecule has 0 aliphatic carbocycles. The highest BCUT2D eigenvalue weighted by molar-refractivity contribution is 7.91. The molecule has 1 aliphatic rings. The molecule has 3 heterocycles. The third-order valence-electron chi connectivity index (χ3n) is 6.03. The number of nitrogens with one attached hydrogen (secondary N) is 1. The fourth-order valence-electron chi connectivity index (χ4n) is 4.42. The van der Waals surface area contributed by atoms with E-state index in [9.17, 15) is 12.8 Å². The van der Waals surface area contributed by atoms with Crippen molar-refractivity contribution >= 4 is 42.4 Å². The van der Waals surface area contributed by atoms with Gasteiger partial charge in [0.25, 0.3) is 10.0 Å². The minimum atomic E-state index is -3.66. The van der Waals surface area contributed by atoms with E-state index in [1.165, 1.54) is 23.5 Å². The second kappa shape index (κ2) is 8.55. The van der Waals surface area contributed by atoms with Gasteiger partial charge in [-0.2, -0.15) is 0 Å². The summed E-state index contributed by atoms with van der Waals surface area (Å²) in [4.78, 5) is 2.28. The van der Waals surface area contributed by atoms with Crippen LogP contribution in [0.25, 0.3) is 21.1 Å². The van der Waals surface area contributed by atoms with Crippen LogP contribution in [0.5, 0.6) is 0 Å². The molecule has 32 heavy (non-hydrogen) atoms. The van der Waals surface area contributed by atoms with Gasteiger partial charge < -0.3 is 9.42 Å². The lowest BCUT2D eigenvalue weighted by Gasteiger charge is -2.16. The van der Waals surface area contributed by atoms with Crippen molar-refractivity contribution in [2.75, 3.05) is 19.6 Å². The first-order valence-electron chi connectivity index (χ1n) is 10.7. The summed E-state index contributed by atoms with van der Waals surface area (Å²) in [6.45, 7) is 4.14. The minimum absolute atomic E-state index is 0.130. The number of likely N-dealkylation sites (tertiary alicyclic amines) is 1. The standard InChI is InChI=1S/C23H24FN3O3S2/c1-15-19-13-16(24)8-9-22(19)31-23(15)32(28,29)26-17-10-12-27(14-17)11-4-6-20-18-5-2-3-7-21(18)30-25-20/h2-3,5,7-9,13,17,26H,4,6,10-12,14H2,1H3/t17-/m0/s1. The lowest BCUT2D eigenvalue weighted by atomic mass is 10.1. The quantitative estimate of drug-likeness (QED) is 0.429. The maximum atomic E-state index is 13.6. The minimum Gasteiger partial charge on any atom is -0.356 e. The number of fused-ring (bicyclic) bond motifs is 2. The summed E-state index contributed by atoms with van der Waals surface area (Å²) in [5, 5.41) is 5.89. The van der Waals surface area contributed by atoms with Gasteiger partial charge in [0, 0.05) is 22.7 Å². The van der Waals surface area contributed by atoms with E-state index in [1.54, 1.807) is 13.0 Å². The third-order valence-corrected chi connectivity index (χ3v) is 9.45. The van der Waals surface area contributed by atoms with Crippen LogP contribution in [0, 0.1) is 12.7 Å². The van der Waals surface area contributed by atoms with Gasteiger partial charge in [-0.25, -0.2) is 17.5 Å². The maximum Gasteiger partial charge on any atom is 0.250 e. The zero-order valence-corrected chi connectivity index (χ0v) is 19.3. The van der Waals surface area contributed by atoms with Crippen LogP contribution in [0.2, 0.25) is 0 Å². The Balaban J connectivity index is 1.19. The van der Waals surface area contributed by atoms with Crippen molar-refractivity contribution in [3.63, 3.8) is 0 Å². The van der Waals surface area contributed by atoms with Crippen molar-refractivity contribution in [3.8, 4) is 0 Å². The van der Waals surface area contributed by atoms with E-state index in [1.807, 2.05) is 24.3 Å². The lowest BCUT2D eigenvalue weighted by molar-refractivity contribution is 0.326. The molecule has 6 nitrogen and oxygen atoms in total. The first-order chi connectivity index (χ1) is 15.4. The van der Waals surface area contributed by atoms with Crippen LogP contribution >= 0.6 is 11.3 Å². The summed E-state index contributed by atoms with van der Waals surface area (Å²) in [7, 11) is -3.66. The van der Waals surface area contributed by atoms with Crippen LogP contribution in [0.4, 0.5) is 4.39 Å². The van der Waals surface area contributed by atoms with E-state index in [2.05, 4.69) is 14.8 Å². The largest absolute Gasteiger partial charge is 0.356 e. The molecule has 2 aromatic carbocycles. The Hall–Kier alpha value is -2.33. The Morgan fingerprint density at radius 3 is 2.97 bits per heavy atom. The summed E-state index contributed by atoms with van der Waals surface area (Å²) in [6.07, 6.45) is 2.52. The van der Waals surface area contributed by atoms with E-state index in [4.69, 9.17) is 4.52 Å². The second-order valence-electron chi connectivity index (χ2n) is 8.29. The Bertz CT molecular complexity index is 1380. The van der Waals surface area contributed by atoms with Crippen LogP contribution in [-0.2, 0) is 16.4 Å². The van der Waals surface area contributed by atoms with Gasteiger partial charge in [-0.05, 0) is 80.6 Å². The summed E-state index contributed by atoms with van der Waals surface area (Å²) < 4.78 is 48.9. The predicted octanol–water partition coefficient (Wildman–Crippen LogP) is 4.48. The number of benzene rings is 2. The molecule has 1 aliphatic heterocycles. The molecule has 0 saturated carbocycles. The number of hydrogen-bond donors (Lipinski definition) is 1. The molecule has 0 radical (unpaired) electrons. The number of rotatable bonds is 7. The zero-order chi connectivity index (χ0) is 22.3. The molecule has 1 atom stereocenters. The third kappa shape index (κ3) is 4.17. The molecule has 5 rings (SSSR count). The number of para-hydroxylation sites is 1. The van der Waals surface area contributed by atoms with Crippen molar-refractivity contribution in [2.45, 2.75) is 36.4 Å². The normalized spacial score (nSPS) is 17.6. The molecule has 0 bridgehead atoms. The fraction of sp³-hybridized carbons (Fsp3) is 0.348. The van der Waals surface area contributed by atoms with Crippen LogP contribution < -0.4 is 4.72 Å². The highest BCUT2D eigenvalue weighted by Crippen LogP contribution is 2.34. The summed E-state index contributed by atoms with van der Waals surface area (Å²) in [6, 6.07) is 12.1. The molecule has 0 amide bonds. The molecule has 1 N–H and O–H groups in total. The monoisotopic (exact) mass is 473 g/mol. The van der Waals surface area contributed by atoms with Gasteiger partial charge >= 0.3 is 0 Å². The number of halogens is 1. The number of hydrogen-bond acceptors (Lipinski definition) is 6. The van der Waals surface area contributed by atoms with Crippen LogP contribution in [-0.4, -0.2) is 44.2 Å². The SMILES string of the molecule is Cc1c(S(=O)(=O)N[C@H]2CCN(CCCc3noc4ccccc34)C2)sc2ccc(F)cc12. The first kappa shape index (κ1) is 21.5. The molecule has 9 heteroatoms. The molecule has 0 unspecified atom stereocenters. The Morgan fingerprint density at radius 1 is 1.25 bits per heavy atom. The number of thiophene rings is 1. The van der Waals surface area contributed by atoms with Gasteiger partial charge in [-0.15, -0.1) is 11.3 Å². The zero-order valence-electron chi connectivity index (χ0n) is 17.7. The van der Waals surface area contributed by atoms with E-state index < -0.39 is 10.0 Å². The van der Waals surface area contributed by atoms with E-state index >= 15 is 0 Å². The highest BCUT2D eigenvalue weighted by atomic mass is 32.2. The van der Waals surface area contributed by atoms with Gasteiger partial charge in [0.1, 0.15) is 10.0 Å². The van der Waals surface area contributed by atoms with E-state index in [0.29, 0.717) is 17.5 Å². The molecule has 4 aromatic rings. The predicted molar refractivity (Wildman–Crippen MR) is 124 cm³/mol. The van der Waals surface area contributed by atoms with Crippen molar-refractivity contribution in [1.82, 2.24) is 14.8 Å². The summed E-state index contributed by atoms with van der Waals surface area (Å²) in [5.41, 5.74) is 2.37. The summed E-state index contributed by atoms with van der Waals surface area (Å²) in [5.74, 6) is -0.361. The average Bonchev–Trinajstić information content (AvgIpc) is 3.47. The first-order valence-corrected chi connectivity index (χ1v) is 13.0. The summed E-state index contributed by atoms with van der Waals surface area (Å²) >= 11 is 1.19.